The lowest BCUT2D eigenvalue weighted by Crippen LogP contribution is -2.62. The predicted molar refractivity (Wildman–Crippen MR) is 321 cm³/mol. The third-order valence-corrected chi connectivity index (χ3v) is 20.8. The molecule has 0 amide bonds. The van der Waals surface area contributed by atoms with E-state index in [0.29, 0.717) is 0 Å². The van der Waals surface area contributed by atoms with Gasteiger partial charge in [0.1, 0.15) is 0 Å². The first-order chi connectivity index (χ1) is 34.5. The fourth-order valence-electron chi connectivity index (χ4n) is 15.7. The molecule has 3 heterocycles. The highest BCUT2D eigenvalue weighted by Gasteiger charge is 2.58. The van der Waals surface area contributed by atoms with Crippen LogP contribution in [0.25, 0.3) is 0 Å². The Labute approximate surface area is 447 Å². The SMILES string of the molecule is Cc1cc(C(C)(C)C)cc(C)c1N1c2cc3c(cc2B2c4cc5c(cc4N(c4ccc(C(C)(C)C)cc4)c4cc(N6c7ccccc7C7(C)CCCCC67C)cc1c42)C(C)(C)CCC5(C)C)C(C)(C)CCC3(C)C. The molecule has 6 aromatic rings. The zero-order valence-electron chi connectivity index (χ0n) is 48.8. The lowest BCUT2D eigenvalue weighted by Gasteiger charge is -2.52. The van der Waals surface area contributed by atoms with Crippen LogP contribution in [-0.2, 0) is 37.9 Å². The van der Waals surface area contributed by atoms with Crippen molar-refractivity contribution in [2.24, 2.45) is 0 Å². The highest BCUT2D eigenvalue weighted by Crippen LogP contribution is 2.62. The van der Waals surface area contributed by atoms with Crippen LogP contribution in [0.4, 0.5) is 45.5 Å². The van der Waals surface area contributed by atoms with E-state index in [4.69, 9.17) is 0 Å². The molecule has 1 fully saturated rings. The molecule has 12 rings (SSSR count). The second-order valence-corrected chi connectivity index (χ2v) is 29.6. The summed E-state index contributed by atoms with van der Waals surface area (Å²) < 4.78 is 0. The summed E-state index contributed by atoms with van der Waals surface area (Å²) in [7, 11) is 0. The summed E-state index contributed by atoms with van der Waals surface area (Å²) in [5.41, 5.74) is 28.0. The molecule has 3 nitrogen and oxygen atoms in total. The molecule has 3 aliphatic carbocycles. The van der Waals surface area contributed by atoms with Gasteiger partial charge < -0.3 is 14.7 Å². The zero-order chi connectivity index (χ0) is 52.8. The van der Waals surface area contributed by atoms with Gasteiger partial charge in [-0.15, -0.1) is 0 Å². The minimum absolute atomic E-state index is 0.0176. The first kappa shape index (κ1) is 49.6. The Kier molecular flexibility index (Phi) is 10.5. The topological polar surface area (TPSA) is 9.72 Å². The summed E-state index contributed by atoms with van der Waals surface area (Å²) in [6, 6.07) is 40.4. The standard InChI is InChI=1S/C70H86BN3/c1-43-35-46(64(6,7)8)36-44(2)62(43)73-58-42-53-51(66(11,12)32-34-68(53,15)16)40-55(58)71-54-39-50-52(67(13,14)33-31-65(50,9)10)41-57(54)72(47-27-25-45(26-28-47)63(3,4)5)59-37-48(38-60(73)61(59)71)74-56-24-20-19-23-49(56)69(17)29-21-22-30-70(69,74)18/h19-20,23-28,35-42H,21-22,29-34H2,1-18H3. The average molecular weight is 980 g/mol. The van der Waals surface area contributed by atoms with E-state index in [0.717, 1.165) is 6.42 Å². The van der Waals surface area contributed by atoms with Crippen molar-refractivity contribution in [3.05, 3.63) is 147 Å². The molecule has 2 atom stereocenters. The highest BCUT2D eigenvalue weighted by atomic mass is 15.3. The Morgan fingerprint density at radius 2 is 0.878 bits per heavy atom. The first-order valence-electron chi connectivity index (χ1n) is 28.8. The van der Waals surface area contributed by atoms with E-state index < -0.39 is 0 Å². The minimum Gasteiger partial charge on any atom is -0.334 e. The normalized spacial score (nSPS) is 23.5. The Bertz CT molecular complexity index is 3310. The molecule has 1 saturated carbocycles. The van der Waals surface area contributed by atoms with Gasteiger partial charge in [-0.3, -0.25) is 0 Å². The minimum atomic E-state index is -0.109. The van der Waals surface area contributed by atoms with Gasteiger partial charge in [0.05, 0.1) is 11.2 Å². The largest absolute Gasteiger partial charge is 0.334 e. The van der Waals surface area contributed by atoms with E-state index in [-0.39, 0.29) is 50.2 Å². The fraction of sp³-hybridized carbons (Fsp3) is 0.486. The van der Waals surface area contributed by atoms with Crippen molar-refractivity contribution in [3.63, 3.8) is 0 Å². The number of para-hydroxylation sites is 1. The van der Waals surface area contributed by atoms with Gasteiger partial charge in [0, 0.05) is 45.2 Å². The summed E-state index contributed by atoms with van der Waals surface area (Å²) in [6.45, 7) is 44.3. The van der Waals surface area contributed by atoms with Gasteiger partial charge in [0.25, 0.3) is 6.71 Å². The van der Waals surface area contributed by atoms with Gasteiger partial charge in [-0.2, -0.15) is 0 Å². The molecule has 0 saturated heterocycles. The summed E-state index contributed by atoms with van der Waals surface area (Å²) in [5.74, 6) is 0. The average Bonchev–Trinajstić information content (AvgIpc) is 3.62. The number of benzene rings is 6. The van der Waals surface area contributed by atoms with Crippen LogP contribution in [0.2, 0.25) is 0 Å². The van der Waals surface area contributed by atoms with E-state index in [2.05, 4.69) is 236 Å². The number of anilines is 8. The van der Waals surface area contributed by atoms with Crippen LogP contribution < -0.4 is 31.1 Å². The highest BCUT2D eigenvalue weighted by molar-refractivity contribution is 7.00. The number of nitrogens with zero attached hydrogens (tertiary/aromatic N) is 3. The molecule has 0 spiro atoms. The molecular formula is C70H86BN3. The van der Waals surface area contributed by atoms with Crippen molar-refractivity contribution in [2.75, 3.05) is 14.7 Å². The molecule has 0 bridgehead atoms. The fourth-order valence-corrected chi connectivity index (χ4v) is 15.7. The molecule has 74 heavy (non-hydrogen) atoms. The quantitative estimate of drug-likeness (QED) is 0.163. The zero-order valence-corrected chi connectivity index (χ0v) is 48.8. The third-order valence-electron chi connectivity index (χ3n) is 20.8. The second kappa shape index (κ2) is 15.7. The number of hydrogen-bond acceptors (Lipinski definition) is 3. The maximum Gasteiger partial charge on any atom is 0.252 e. The van der Waals surface area contributed by atoms with Crippen LogP contribution >= 0.6 is 0 Å². The third kappa shape index (κ3) is 6.96. The van der Waals surface area contributed by atoms with E-state index in [1.54, 1.807) is 0 Å². The molecule has 2 unspecified atom stereocenters. The van der Waals surface area contributed by atoms with Crippen molar-refractivity contribution in [2.45, 2.75) is 219 Å². The van der Waals surface area contributed by atoms with Crippen LogP contribution in [0.15, 0.2) is 97.1 Å². The van der Waals surface area contributed by atoms with Gasteiger partial charge in [0.2, 0.25) is 0 Å². The van der Waals surface area contributed by atoms with Crippen LogP contribution in [0.3, 0.4) is 0 Å². The molecule has 6 aromatic carbocycles. The number of hydrogen-bond donors (Lipinski definition) is 0. The van der Waals surface area contributed by atoms with Crippen LogP contribution in [-0.4, -0.2) is 12.3 Å². The van der Waals surface area contributed by atoms with Crippen molar-refractivity contribution in [1.29, 1.82) is 0 Å². The van der Waals surface area contributed by atoms with Crippen LogP contribution in [0.1, 0.15) is 212 Å². The molecule has 0 N–H and O–H groups in total. The van der Waals surface area contributed by atoms with Gasteiger partial charge in [-0.1, -0.05) is 171 Å². The number of rotatable bonds is 3. The predicted octanol–water partition coefficient (Wildman–Crippen LogP) is 17.4. The van der Waals surface area contributed by atoms with Crippen LogP contribution in [0.5, 0.6) is 0 Å². The van der Waals surface area contributed by atoms with Gasteiger partial charge in [0.15, 0.2) is 0 Å². The first-order valence-corrected chi connectivity index (χ1v) is 28.8. The van der Waals surface area contributed by atoms with Crippen molar-refractivity contribution in [1.82, 2.24) is 0 Å². The molecule has 6 aliphatic rings. The lowest BCUT2D eigenvalue weighted by atomic mass is 9.32. The number of fused-ring (bicyclic) bond motifs is 9. The smallest absolute Gasteiger partial charge is 0.252 e. The van der Waals surface area contributed by atoms with Gasteiger partial charge in [-0.25, -0.2) is 0 Å². The Balaban J connectivity index is 1.27. The Morgan fingerprint density at radius 3 is 1.39 bits per heavy atom. The maximum atomic E-state index is 2.84. The number of aryl methyl sites for hydroxylation is 2. The summed E-state index contributed by atoms with van der Waals surface area (Å²) in [6.07, 6.45) is 9.56. The van der Waals surface area contributed by atoms with Crippen LogP contribution in [0, 0.1) is 13.8 Å². The maximum absolute atomic E-state index is 2.84. The molecule has 384 valence electrons. The molecule has 3 aliphatic heterocycles. The Morgan fingerprint density at radius 1 is 0.419 bits per heavy atom. The summed E-state index contributed by atoms with van der Waals surface area (Å²) in [4.78, 5) is 8.38. The van der Waals surface area contributed by atoms with E-state index >= 15 is 0 Å². The second-order valence-electron chi connectivity index (χ2n) is 29.6. The van der Waals surface area contributed by atoms with E-state index in [1.807, 2.05) is 0 Å². The van der Waals surface area contributed by atoms with Crippen molar-refractivity contribution >= 4 is 68.6 Å². The van der Waals surface area contributed by atoms with E-state index in [9.17, 15) is 0 Å². The Hall–Kier alpha value is -5.22. The van der Waals surface area contributed by atoms with Gasteiger partial charge >= 0.3 is 0 Å². The molecule has 0 aromatic heterocycles. The summed E-state index contributed by atoms with van der Waals surface area (Å²) >= 11 is 0. The summed E-state index contributed by atoms with van der Waals surface area (Å²) in [5, 5.41) is 0. The van der Waals surface area contributed by atoms with Crippen molar-refractivity contribution in [3.8, 4) is 0 Å². The molecule has 4 heteroatoms. The lowest BCUT2D eigenvalue weighted by molar-refractivity contribution is 0.195. The molecular weight excluding hydrogens is 894 g/mol. The van der Waals surface area contributed by atoms with Gasteiger partial charge in [-0.05, 0) is 201 Å². The molecule has 0 radical (unpaired) electrons. The van der Waals surface area contributed by atoms with E-state index in [1.165, 1.54) is 157 Å². The monoisotopic (exact) mass is 980 g/mol. The van der Waals surface area contributed by atoms with Crippen molar-refractivity contribution < 1.29 is 0 Å².